The summed E-state index contributed by atoms with van der Waals surface area (Å²) in [5.74, 6) is 0.640. The van der Waals surface area contributed by atoms with Gasteiger partial charge < -0.3 is 9.42 Å². The minimum atomic E-state index is -0.269. The first-order valence-electron chi connectivity index (χ1n) is 9.65. The largest absolute Gasteiger partial charge is 0.339 e. The van der Waals surface area contributed by atoms with Crippen LogP contribution in [0.1, 0.15) is 42.3 Å². The van der Waals surface area contributed by atoms with Crippen molar-refractivity contribution in [2.75, 3.05) is 6.54 Å². The third-order valence-corrected chi connectivity index (χ3v) is 5.79. The average Bonchev–Trinajstić information content (AvgIpc) is 3.38. The van der Waals surface area contributed by atoms with E-state index in [4.69, 9.17) is 4.52 Å². The average molecular weight is 458 g/mol. The van der Waals surface area contributed by atoms with Crippen LogP contribution < -0.4 is 0 Å². The molecule has 1 atom stereocenters. The van der Waals surface area contributed by atoms with Crippen LogP contribution in [0.15, 0.2) is 51.5 Å². The van der Waals surface area contributed by atoms with Crippen LogP contribution in [0.3, 0.4) is 0 Å². The highest BCUT2D eigenvalue weighted by Gasteiger charge is 2.29. The molecule has 3 aromatic rings. The number of aryl methyl sites for hydroxylation is 2. The Morgan fingerprint density at radius 2 is 2.07 bits per heavy atom. The molecule has 5 nitrogen and oxygen atoms in total. The maximum Gasteiger partial charge on any atom is 0.227 e. The molecule has 0 N–H and O–H groups in total. The smallest absolute Gasteiger partial charge is 0.227 e. The number of likely N-dealkylation sites (tertiary alicyclic amines) is 1. The van der Waals surface area contributed by atoms with E-state index in [0.29, 0.717) is 35.7 Å². The van der Waals surface area contributed by atoms with E-state index < -0.39 is 0 Å². The first-order valence-corrected chi connectivity index (χ1v) is 10.4. The van der Waals surface area contributed by atoms with Crippen LogP contribution in [0.25, 0.3) is 11.4 Å². The molecule has 0 bridgehead atoms. The maximum atomic E-state index is 13.4. The first kappa shape index (κ1) is 19.8. The molecule has 1 aromatic heterocycles. The molecule has 1 aliphatic heterocycles. The topological polar surface area (TPSA) is 59.2 Å². The van der Waals surface area contributed by atoms with Crippen molar-refractivity contribution in [1.29, 1.82) is 0 Å². The van der Waals surface area contributed by atoms with Crippen LogP contribution in [0.4, 0.5) is 4.39 Å². The number of hydrogen-bond donors (Lipinski definition) is 0. The molecule has 29 heavy (non-hydrogen) atoms. The summed E-state index contributed by atoms with van der Waals surface area (Å²) in [4.78, 5) is 19.1. The van der Waals surface area contributed by atoms with Crippen molar-refractivity contribution >= 4 is 21.8 Å². The fraction of sp³-hybridized carbons (Fsp3) is 0.318. The monoisotopic (exact) mass is 457 g/mol. The maximum absolute atomic E-state index is 13.4. The minimum Gasteiger partial charge on any atom is -0.339 e. The summed E-state index contributed by atoms with van der Waals surface area (Å²) in [6.07, 6.45) is 2.68. The van der Waals surface area contributed by atoms with Crippen molar-refractivity contribution in [3.8, 4) is 11.4 Å². The number of carbonyl (C=O) groups excluding carboxylic acids is 1. The zero-order valence-corrected chi connectivity index (χ0v) is 17.7. The van der Waals surface area contributed by atoms with Crippen molar-refractivity contribution in [2.24, 2.45) is 0 Å². The second-order valence-corrected chi connectivity index (χ2v) is 8.19. The molecular formula is C22H21BrFN3O2. The lowest BCUT2D eigenvalue weighted by Gasteiger charge is -2.25. The molecule has 7 heteroatoms. The second kappa shape index (κ2) is 8.45. The summed E-state index contributed by atoms with van der Waals surface area (Å²) in [5.41, 5.74) is 2.38. The zero-order chi connectivity index (χ0) is 20.4. The molecule has 1 saturated heterocycles. The van der Waals surface area contributed by atoms with E-state index in [1.807, 2.05) is 17.0 Å². The molecule has 1 fully saturated rings. The third kappa shape index (κ3) is 4.40. The summed E-state index contributed by atoms with van der Waals surface area (Å²) in [5, 5.41) is 3.97. The highest BCUT2D eigenvalue weighted by Crippen LogP contribution is 2.33. The Labute approximate surface area is 177 Å². The fourth-order valence-corrected chi connectivity index (χ4v) is 3.98. The number of rotatable bonds is 5. The van der Waals surface area contributed by atoms with Crippen molar-refractivity contribution in [3.63, 3.8) is 0 Å². The van der Waals surface area contributed by atoms with Crippen molar-refractivity contribution in [1.82, 2.24) is 15.0 Å². The standard InChI is InChI=1S/C22H21BrFN3O2/c1-14-13-16(6-9-18(14)24)22-25-20(29-26-22)10-11-21(28)27-12-2-3-19(27)15-4-7-17(23)8-5-15/h4-9,13,19H,2-3,10-12H2,1H3. The summed E-state index contributed by atoms with van der Waals surface area (Å²) < 4.78 is 19.8. The number of hydrogen-bond acceptors (Lipinski definition) is 4. The molecule has 2 heterocycles. The summed E-state index contributed by atoms with van der Waals surface area (Å²) >= 11 is 3.45. The van der Waals surface area contributed by atoms with E-state index in [1.165, 1.54) is 6.07 Å². The van der Waals surface area contributed by atoms with E-state index in [-0.39, 0.29) is 17.8 Å². The molecule has 0 saturated carbocycles. The zero-order valence-electron chi connectivity index (χ0n) is 16.1. The number of amides is 1. The summed E-state index contributed by atoms with van der Waals surface area (Å²) in [6.45, 7) is 2.46. The lowest BCUT2D eigenvalue weighted by molar-refractivity contribution is -0.132. The van der Waals surface area contributed by atoms with Gasteiger partial charge in [-0.2, -0.15) is 4.98 Å². The molecule has 1 unspecified atom stereocenters. The van der Waals surface area contributed by atoms with E-state index in [2.05, 4.69) is 38.2 Å². The highest BCUT2D eigenvalue weighted by molar-refractivity contribution is 9.10. The van der Waals surface area contributed by atoms with Crippen LogP contribution >= 0.6 is 15.9 Å². The third-order valence-electron chi connectivity index (χ3n) is 5.26. The molecule has 0 radical (unpaired) electrons. The SMILES string of the molecule is Cc1cc(-c2noc(CCC(=O)N3CCCC3c3ccc(Br)cc3)n2)ccc1F. The van der Waals surface area contributed by atoms with Gasteiger partial charge >= 0.3 is 0 Å². The Morgan fingerprint density at radius 1 is 1.28 bits per heavy atom. The van der Waals surface area contributed by atoms with Gasteiger partial charge in [0.25, 0.3) is 0 Å². The number of benzene rings is 2. The number of nitrogens with zero attached hydrogens (tertiary/aromatic N) is 3. The van der Waals surface area contributed by atoms with Gasteiger partial charge in [-0.25, -0.2) is 4.39 Å². The minimum absolute atomic E-state index is 0.0906. The summed E-state index contributed by atoms with van der Waals surface area (Å²) in [7, 11) is 0. The highest BCUT2D eigenvalue weighted by atomic mass is 79.9. The quantitative estimate of drug-likeness (QED) is 0.525. The lowest BCUT2D eigenvalue weighted by Crippen LogP contribution is -2.30. The number of aromatic nitrogens is 2. The molecule has 4 rings (SSSR count). The van der Waals surface area contributed by atoms with E-state index in [9.17, 15) is 9.18 Å². The molecular weight excluding hydrogens is 437 g/mol. The van der Waals surface area contributed by atoms with Crippen LogP contribution in [-0.2, 0) is 11.2 Å². The molecule has 0 spiro atoms. The number of carbonyl (C=O) groups is 1. The Hall–Kier alpha value is -2.54. The van der Waals surface area contributed by atoms with Gasteiger partial charge in [0, 0.05) is 29.4 Å². The van der Waals surface area contributed by atoms with Crippen molar-refractivity contribution < 1.29 is 13.7 Å². The van der Waals surface area contributed by atoms with Gasteiger partial charge in [-0.3, -0.25) is 4.79 Å². The Balaban J connectivity index is 1.40. The van der Waals surface area contributed by atoms with Gasteiger partial charge in [0.05, 0.1) is 6.04 Å². The lowest BCUT2D eigenvalue weighted by atomic mass is 10.0. The van der Waals surface area contributed by atoms with Gasteiger partial charge in [0.15, 0.2) is 0 Å². The van der Waals surface area contributed by atoms with E-state index in [0.717, 1.165) is 29.4 Å². The van der Waals surface area contributed by atoms with Gasteiger partial charge in [-0.05, 0) is 61.2 Å². The van der Waals surface area contributed by atoms with E-state index >= 15 is 0 Å². The Bertz CT molecular complexity index is 1020. The van der Waals surface area contributed by atoms with Crippen LogP contribution in [0, 0.1) is 12.7 Å². The van der Waals surface area contributed by atoms with Gasteiger partial charge in [0.2, 0.25) is 17.6 Å². The van der Waals surface area contributed by atoms with Gasteiger partial charge in [-0.1, -0.05) is 33.2 Å². The van der Waals surface area contributed by atoms with Crippen LogP contribution in [0.2, 0.25) is 0 Å². The molecule has 1 amide bonds. The van der Waals surface area contributed by atoms with Crippen molar-refractivity contribution in [2.45, 2.75) is 38.6 Å². The molecule has 2 aromatic carbocycles. The predicted molar refractivity (Wildman–Crippen MR) is 111 cm³/mol. The first-order chi connectivity index (χ1) is 14.0. The molecule has 1 aliphatic rings. The predicted octanol–water partition coefficient (Wildman–Crippen LogP) is 5.24. The molecule has 150 valence electrons. The van der Waals surface area contributed by atoms with Gasteiger partial charge in [-0.15, -0.1) is 0 Å². The van der Waals surface area contributed by atoms with Crippen LogP contribution in [-0.4, -0.2) is 27.5 Å². The molecule has 0 aliphatic carbocycles. The van der Waals surface area contributed by atoms with Crippen LogP contribution in [0.5, 0.6) is 0 Å². The summed E-state index contributed by atoms with van der Waals surface area (Å²) in [6, 6.07) is 13.0. The van der Waals surface area contributed by atoms with Gasteiger partial charge in [0.1, 0.15) is 5.82 Å². The normalized spacial score (nSPS) is 16.4. The fourth-order valence-electron chi connectivity index (χ4n) is 3.71. The number of halogens is 2. The van der Waals surface area contributed by atoms with Crippen molar-refractivity contribution in [3.05, 3.63) is 69.8 Å². The second-order valence-electron chi connectivity index (χ2n) is 7.27. The van der Waals surface area contributed by atoms with E-state index in [1.54, 1.807) is 19.1 Å². The Morgan fingerprint density at radius 3 is 2.83 bits per heavy atom. The Kier molecular flexibility index (Phi) is 5.76.